The number of hydrogen-bond acceptors (Lipinski definition) is 3. The van der Waals surface area contributed by atoms with Crippen molar-refractivity contribution in [1.29, 1.82) is 0 Å². The number of halogens is 2. The van der Waals surface area contributed by atoms with Crippen molar-refractivity contribution in [3.63, 3.8) is 0 Å². The molecule has 1 aromatic heterocycles. The summed E-state index contributed by atoms with van der Waals surface area (Å²) in [6.45, 7) is 3.30. The van der Waals surface area contributed by atoms with Gasteiger partial charge >= 0.3 is 0 Å². The molecular formula is C20H28F2N4O. The molecule has 27 heavy (non-hydrogen) atoms. The lowest BCUT2D eigenvalue weighted by atomic mass is 9.84. The third-order valence-corrected chi connectivity index (χ3v) is 6.33. The Hall–Kier alpha value is -1.92. The average Bonchev–Trinajstić information content (AvgIpc) is 3.07. The predicted molar refractivity (Wildman–Crippen MR) is 99.8 cm³/mol. The van der Waals surface area contributed by atoms with Crippen molar-refractivity contribution >= 4 is 11.7 Å². The number of carbonyl (C=O) groups is 1. The predicted octanol–water partition coefficient (Wildman–Crippen LogP) is 3.78. The molecule has 1 aromatic rings. The zero-order chi connectivity index (χ0) is 19.0. The average molecular weight is 378 g/mol. The molecule has 0 aromatic carbocycles. The number of amides is 1. The Morgan fingerprint density at radius 1 is 1.26 bits per heavy atom. The van der Waals surface area contributed by atoms with Crippen LogP contribution in [0, 0.1) is 18.8 Å². The molecule has 1 amide bonds. The summed E-state index contributed by atoms with van der Waals surface area (Å²) in [4.78, 5) is 14.7. The molecule has 0 spiro atoms. The summed E-state index contributed by atoms with van der Waals surface area (Å²) in [6.07, 6.45) is 6.75. The minimum Gasteiger partial charge on any atom is -0.367 e. The van der Waals surface area contributed by atoms with Gasteiger partial charge in [0.1, 0.15) is 11.9 Å². The fraction of sp³-hybridized carbons (Fsp3) is 0.700. The monoisotopic (exact) mass is 378 g/mol. The zero-order valence-electron chi connectivity index (χ0n) is 15.8. The number of piperidine rings is 1. The minimum atomic E-state index is -2.42. The summed E-state index contributed by atoms with van der Waals surface area (Å²) >= 11 is 0. The summed E-state index contributed by atoms with van der Waals surface area (Å²) in [5, 5.41) is 7.67. The standard InChI is InChI=1S/C20H28F2N4O/c1-13-11-18-23-16(12-17(19(21)22)26(18)24-13)14-7-9-25(10-8-14)20(27)15-5-3-2-4-6-15/h2-3,11,14-17,19,23H,4-10,12H2,1H3/t15?,16-,17+/m0/s1. The molecule has 0 radical (unpaired) electrons. The molecule has 5 nitrogen and oxygen atoms in total. The van der Waals surface area contributed by atoms with Crippen LogP contribution in [0.3, 0.4) is 0 Å². The second-order valence-corrected chi connectivity index (χ2v) is 8.15. The minimum absolute atomic E-state index is 0.0162. The maximum absolute atomic E-state index is 13.6. The number of nitrogens with one attached hydrogen (secondary N) is 1. The fourth-order valence-corrected chi connectivity index (χ4v) is 4.80. The second kappa shape index (κ2) is 7.60. The molecule has 1 aliphatic carbocycles. The third-order valence-electron chi connectivity index (χ3n) is 6.33. The SMILES string of the molecule is Cc1cc2n(n1)[C@@H](C(F)F)C[C@@H](C1CCN(C(=O)C3CC=CCC3)CC1)N2. The van der Waals surface area contributed by atoms with Crippen LogP contribution in [0.2, 0.25) is 0 Å². The van der Waals surface area contributed by atoms with Gasteiger partial charge in [0.15, 0.2) is 0 Å². The van der Waals surface area contributed by atoms with Crippen LogP contribution >= 0.6 is 0 Å². The molecule has 1 N–H and O–H groups in total. The van der Waals surface area contributed by atoms with Crippen molar-refractivity contribution in [2.45, 2.75) is 64.0 Å². The quantitative estimate of drug-likeness (QED) is 0.815. The van der Waals surface area contributed by atoms with Crippen LogP contribution in [0.25, 0.3) is 0 Å². The van der Waals surface area contributed by atoms with Gasteiger partial charge in [0.2, 0.25) is 5.91 Å². The van der Waals surface area contributed by atoms with Gasteiger partial charge in [0.05, 0.1) is 5.69 Å². The van der Waals surface area contributed by atoms with Crippen LogP contribution in [-0.2, 0) is 4.79 Å². The van der Waals surface area contributed by atoms with Crippen molar-refractivity contribution in [2.24, 2.45) is 11.8 Å². The maximum Gasteiger partial charge on any atom is 0.260 e. The molecule has 1 unspecified atom stereocenters. The Morgan fingerprint density at radius 2 is 2.04 bits per heavy atom. The molecule has 7 heteroatoms. The molecule has 1 saturated heterocycles. The molecule has 0 bridgehead atoms. The van der Waals surface area contributed by atoms with E-state index in [2.05, 4.69) is 22.6 Å². The van der Waals surface area contributed by atoms with E-state index in [-0.39, 0.29) is 17.9 Å². The van der Waals surface area contributed by atoms with Gasteiger partial charge in [-0.25, -0.2) is 13.5 Å². The summed E-state index contributed by atoms with van der Waals surface area (Å²) in [6, 6.07) is 0.993. The second-order valence-electron chi connectivity index (χ2n) is 8.15. The van der Waals surface area contributed by atoms with Crippen LogP contribution in [0.5, 0.6) is 0 Å². The van der Waals surface area contributed by atoms with Gasteiger partial charge < -0.3 is 10.2 Å². The first-order chi connectivity index (χ1) is 13.0. The van der Waals surface area contributed by atoms with E-state index in [1.54, 1.807) is 0 Å². The number of hydrogen-bond donors (Lipinski definition) is 1. The van der Waals surface area contributed by atoms with E-state index in [0.29, 0.717) is 18.2 Å². The lowest BCUT2D eigenvalue weighted by Crippen LogP contribution is -2.47. The largest absolute Gasteiger partial charge is 0.367 e. The van der Waals surface area contributed by atoms with Crippen molar-refractivity contribution in [3.05, 3.63) is 23.9 Å². The third kappa shape index (κ3) is 3.73. The lowest BCUT2D eigenvalue weighted by molar-refractivity contribution is -0.137. The van der Waals surface area contributed by atoms with E-state index < -0.39 is 12.5 Å². The number of nitrogens with zero attached hydrogens (tertiary/aromatic N) is 3. The number of alkyl halides is 2. The van der Waals surface area contributed by atoms with Crippen molar-refractivity contribution in [2.75, 3.05) is 18.4 Å². The highest BCUT2D eigenvalue weighted by atomic mass is 19.3. The van der Waals surface area contributed by atoms with Crippen molar-refractivity contribution in [3.8, 4) is 0 Å². The first-order valence-corrected chi connectivity index (χ1v) is 10.1. The molecule has 2 aliphatic heterocycles. The Morgan fingerprint density at radius 3 is 2.70 bits per heavy atom. The van der Waals surface area contributed by atoms with E-state index >= 15 is 0 Å². The smallest absolute Gasteiger partial charge is 0.260 e. The van der Waals surface area contributed by atoms with Gasteiger partial charge in [-0.3, -0.25) is 4.79 Å². The van der Waals surface area contributed by atoms with E-state index in [4.69, 9.17) is 0 Å². The number of carbonyl (C=O) groups excluding carboxylic acids is 1. The Bertz CT molecular complexity index is 709. The highest BCUT2D eigenvalue weighted by Gasteiger charge is 2.38. The summed E-state index contributed by atoms with van der Waals surface area (Å²) in [7, 11) is 0. The van der Waals surface area contributed by atoms with Gasteiger partial charge in [-0.2, -0.15) is 5.10 Å². The highest BCUT2D eigenvalue weighted by Crippen LogP contribution is 2.37. The van der Waals surface area contributed by atoms with Crippen LogP contribution in [0.1, 0.15) is 50.3 Å². The number of aromatic nitrogens is 2. The fourth-order valence-electron chi connectivity index (χ4n) is 4.80. The first kappa shape index (κ1) is 18.4. The Kier molecular flexibility index (Phi) is 5.19. The van der Waals surface area contributed by atoms with Crippen molar-refractivity contribution < 1.29 is 13.6 Å². The number of allylic oxidation sites excluding steroid dienone is 2. The molecular weight excluding hydrogens is 350 g/mol. The molecule has 3 atom stereocenters. The van der Waals surface area contributed by atoms with Gasteiger partial charge in [-0.05, 0) is 51.4 Å². The van der Waals surface area contributed by atoms with Crippen LogP contribution < -0.4 is 5.32 Å². The molecule has 0 saturated carbocycles. The summed E-state index contributed by atoms with van der Waals surface area (Å²) < 4.78 is 28.6. The van der Waals surface area contributed by atoms with Crippen molar-refractivity contribution in [1.82, 2.24) is 14.7 Å². The van der Waals surface area contributed by atoms with Gasteiger partial charge in [-0.15, -0.1) is 0 Å². The maximum atomic E-state index is 13.6. The Labute approximate surface area is 158 Å². The molecule has 4 rings (SSSR count). The molecule has 3 heterocycles. The van der Waals surface area contributed by atoms with Crippen LogP contribution in [0.4, 0.5) is 14.6 Å². The number of anilines is 1. The topological polar surface area (TPSA) is 50.2 Å². The normalized spacial score (nSPS) is 28.9. The Balaban J connectivity index is 1.38. The molecule has 3 aliphatic rings. The zero-order valence-corrected chi connectivity index (χ0v) is 15.8. The highest BCUT2D eigenvalue weighted by molar-refractivity contribution is 5.79. The number of likely N-dealkylation sites (tertiary alicyclic amines) is 1. The van der Waals surface area contributed by atoms with E-state index in [1.165, 1.54) is 4.68 Å². The number of fused-ring (bicyclic) bond motifs is 1. The molecule has 148 valence electrons. The summed E-state index contributed by atoms with van der Waals surface area (Å²) in [5.74, 6) is 1.40. The molecule has 1 fully saturated rings. The van der Waals surface area contributed by atoms with E-state index in [0.717, 1.165) is 50.9 Å². The van der Waals surface area contributed by atoms with E-state index in [9.17, 15) is 13.6 Å². The number of aryl methyl sites for hydroxylation is 1. The van der Waals surface area contributed by atoms with Gasteiger partial charge in [0, 0.05) is 31.1 Å². The van der Waals surface area contributed by atoms with Crippen LogP contribution in [0.15, 0.2) is 18.2 Å². The lowest BCUT2D eigenvalue weighted by Gasteiger charge is -2.41. The van der Waals surface area contributed by atoms with Crippen LogP contribution in [-0.4, -0.2) is 46.1 Å². The van der Waals surface area contributed by atoms with E-state index in [1.807, 2.05) is 17.9 Å². The van der Waals surface area contributed by atoms with Gasteiger partial charge in [-0.1, -0.05) is 12.2 Å². The first-order valence-electron chi connectivity index (χ1n) is 10.1. The van der Waals surface area contributed by atoms with Gasteiger partial charge in [0.25, 0.3) is 6.43 Å². The summed E-state index contributed by atoms with van der Waals surface area (Å²) in [5.41, 5.74) is 0.755. The number of rotatable bonds is 3.